The summed E-state index contributed by atoms with van der Waals surface area (Å²) in [6.07, 6.45) is 11.2. The van der Waals surface area contributed by atoms with Gasteiger partial charge in [-0.1, -0.05) is 6.92 Å². The molecule has 1 saturated carbocycles. The van der Waals surface area contributed by atoms with Crippen molar-refractivity contribution in [1.29, 1.82) is 0 Å². The van der Waals surface area contributed by atoms with Gasteiger partial charge >= 0.3 is 0 Å². The monoisotopic (exact) mass is 416 g/mol. The average Bonchev–Trinajstić information content (AvgIpc) is 3.51. The molecule has 2 fully saturated rings. The van der Waals surface area contributed by atoms with Gasteiger partial charge < -0.3 is 15.2 Å². The minimum absolute atomic E-state index is 0.221. The second kappa shape index (κ2) is 6.76. The maximum Gasteiger partial charge on any atom is 0.228 e. The highest BCUT2D eigenvalue weighted by atomic mass is 16.2. The second-order valence-electron chi connectivity index (χ2n) is 8.95. The zero-order valence-corrected chi connectivity index (χ0v) is 17.4. The van der Waals surface area contributed by atoms with Crippen molar-refractivity contribution >= 4 is 28.5 Å². The Morgan fingerprint density at radius 3 is 2.90 bits per heavy atom. The third-order valence-electron chi connectivity index (χ3n) is 6.65. The predicted octanol–water partition coefficient (Wildman–Crippen LogP) is 2.87. The van der Waals surface area contributed by atoms with Crippen LogP contribution in [0.25, 0.3) is 27.8 Å². The molecule has 0 atom stereocenters. The van der Waals surface area contributed by atoms with E-state index in [1.54, 1.807) is 10.8 Å². The summed E-state index contributed by atoms with van der Waals surface area (Å²) in [5.41, 5.74) is 3.37. The number of fused-ring (bicyclic) bond motifs is 2. The van der Waals surface area contributed by atoms with Crippen LogP contribution in [0.4, 0.5) is 5.95 Å². The summed E-state index contributed by atoms with van der Waals surface area (Å²) in [6, 6.07) is 4.18. The average molecular weight is 416 g/mol. The fraction of sp³-hybridized carbons (Fsp3) is 0.409. The van der Waals surface area contributed by atoms with Crippen molar-refractivity contribution in [3.8, 4) is 11.1 Å². The summed E-state index contributed by atoms with van der Waals surface area (Å²) < 4.78 is 1.75. The van der Waals surface area contributed by atoms with Gasteiger partial charge in [-0.2, -0.15) is 10.1 Å². The molecule has 1 saturated heterocycles. The molecule has 4 aromatic heterocycles. The van der Waals surface area contributed by atoms with Gasteiger partial charge in [-0.3, -0.25) is 4.79 Å². The Bertz CT molecular complexity index is 1280. The number of aromatic amines is 1. The molecule has 1 amide bonds. The Balaban J connectivity index is 1.18. The molecule has 6 rings (SSSR count). The summed E-state index contributed by atoms with van der Waals surface area (Å²) in [7, 11) is 0. The number of anilines is 1. The number of likely N-dealkylation sites (tertiary alicyclic amines) is 1. The van der Waals surface area contributed by atoms with Crippen LogP contribution in [-0.4, -0.2) is 59.5 Å². The lowest BCUT2D eigenvalue weighted by Crippen LogP contribution is -2.53. The number of H-pyrrole nitrogens is 1. The number of carbonyl (C=O) groups is 1. The number of nitrogens with one attached hydrogen (secondary N) is 2. The molecule has 0 bridgehead atoms. The van der Waals surface area contributed by atoms with Gasteiger partial charge in [-0.05, 0) is 37.8 Å². The van der Waals surface area contributed by atoms with Crippen molar-refractivity contribution in [2.45, 2.75) is 38.6 Å². The van der Waals surface area contributed by atoms with Gasteiger partial charge in [-0.25, -0.2) is 14.5 Å². The van der Waals surface area contributed by atoms with Gasteiger partial charge in [0.1, 0.15) is 12.0 Å². The van der Waals surface area contributed by atoms with Crippen LogP contribution in [0.1, 0.15) is 32.6 Å². The molecule has 5 heterocycles. The van der Waals surface area contributed by atoms with E-state index in [-0.39, 0.29) is 11.5 Å². The van der Waals surface area contributed by atoms with E-state index in [0.29, 0.717) is 11.9 Å². The minimum Gasteiger partial charge on any atom is -0.351 e. The first-order valence-electron chi connectivity index (χ1n) is 10.8. The van der Waals surface area contributed by atoms with Crippen LogP contribution in [0.2, 0.25) is 0 Å². The van der Waals surface area contributed by atoms with Gasteiger partial charge in [0.25, 0.3) is 0 Å². The van der Waals surface area contributed by atoms with E-state index in [4.69, 9.17) is 0 Å². The Hall–Kier alpha value is -3.49. The first kappa shape index (κ1) is 18.3. The smallest absolute Gasteiger partial charge is 0.228 e. The van der Waals surface area contributed by atoms with Gasteiger partial charge in [0, 0.05) is 54.2 Å². The molecule has 0 spiro atoms. The normalized spacial score (nSPS) is 23.4. The summed E-state index contributed by atoms with van der Waals surface area (Å²) in [5.74, 6) is 0.895. The van der Waals surface area contributed by atoms with Gasteiger partial charge in [0.15, 0.2) is 5.65 Å². The largest absolute Gasteiger partial charge is 0.351 e. The number of amides is 1. The number of aromatic nitrogens is 6. The molecular weight excluding hydrogens is 392 g/mol. The third-order valence-corrected chi connectivity index (χ3v) is 6.65. The number of rotatable bonds is 4. The van der Waals surface area contributed by atoms with Crippen molar-refractivity contribution in [2.75, 3.05) is 18.4 Å². The van der Waals surface area contributed by atoms with E-state index < -0.39 is 0 Å². The second-order valence-corrected chi connectivity index (χ2v) is 8.95. The van der Waals surface area contributed by atoms with Crippen LogP contribution in [0.5, 0.6) is 0 Å². The molecule has 4 aromatic rings. The van der Waals surface area contributed by atoms with Crippen molar-refractivity contribution in [3.05, 3.63) is 37.1 Å². The Labute approximate surface area is 178 Å². The Kier molecular flexibility index (Phi) is 3.99. The lowest BCUT2D eigenvalue weighted by Gasteiger charge is -2.45. The van der Waals surface area contributed by atoms with E-state index >= 15 is 0 Å². The summed E-state index contributed by atoms with van der Waals surface area (Å²) >= 11 is 0. The van der Waals surface area contributed by atoms with E-state index in [1.165, 1.54) is 0 Å². The highest BCUT2D eigenvalue weighted by Gasteiger charge is 2.48. The quantitative estimate of drug-likeness (QED) is 0.530. The number of hydrogen-bond acceptors (Lipinski definition) is 6. The van der Waals surface area contributed by atoms with E-state index in [2.05, 4.69) is 37.3 Å². The molecule has 9 heteroatoms. The topological polar surface area (TPSA) is 104 Å². The third kappa shape index (κ3) is 3.03. The van der Waals surface area contributed by atoms with Crippen molar-refractivity contribution in [2.24, 2.45) is 5.41 Å². The number of carbonyl (C=O) groups excluding carboxylic acids is 1. The molecule has 9 nitrogen and oxygen atoms in total. The molecule has 1 aliphatic heterocycles. The summed E-state index contributed by atoms with van der Waals surface area (Å²) in [6.45, 7) is 3.90. The maximum atomic E-state index is 12.8. The van der Waals surface area contributed by atoms with Crippen LogP contribution < -0.4 is 5.32 Å². The molecule has 2 aliphatic rings. The zero-order valence-electron chi connectivity index (χ0n) is 17.4. The summed E-state index contributed by atoms with van der Waals surface area (Å²) in [4.78, 5) is 31.4. The first-order chi connectivity index (χ1) is 15.1. The number of nitrogens with zero attached hydrogens (tertiary/aromatic N) is 6. The van der Waals surface area contributed by atoms with Crippen LogP contribution in [0.3, 0.4) is 0 Å². The van der Waals surface area contributed by atoms with Crippen LogP contribution in [0, 0.1) is 5.41 Å². The predicted molar refractivity (Wildman–Crippen MR) is 116 cm³/mol. The first-order valence-corrected chi connectivity index (χ1v) is 10.8. The van der Waals surface area contributed by atoms with Crippen LogP contribution in [0.15, 0.2) is 37.1 Å². The standard InChI is InChI=1S/C22H24N8O/c1-22(20(31)29-6-2-3-7-29)8-15(9-22)27-21-24-11-17-16(10-23-19(17)28-21)14-4-5-18-25-13-26-30(18)12-14/h4-5,10-13,15H,2-3,6-9H2,1H3,(H2,23,24,27,28)/t15-,22+. The summed E-state index contributed by atoms with van der Waals surface area (Å²) in [5, 5.41) is 8.57. The highest BCUT2D eigenvalue weighted by Crippen LogP contribution is 2.44. The van der Waals surface area contributed by atoms with Gasteiger partial charge in [-0.15, -0.1) is 0 Å². The minimum atomic E-state index is -0.258. The van der Waals surface area contributed by atoms with Gasteiger partial charge in [0.2, 0.25) is 11.9 Å². The fourth-order valence-electron chi connectivity index (χ4n) is 4.98. The molecule has 0 radical (unpaired) electrons. The molecule has 31 heavy (non-hydrogen) atoms. The van der Waals surface area contributed by atoms with E-state index in [0.717, 1.165) is 66.6 Å². The lowest BCUT2D eigenvalue weighted by molar-refractivity contribution is -0.145. The molecule has 1 aliphatic carbocycles. The molecule has 0 aromatic carbocycles. The highest BCUT2D eigenvalue weighted by molar-refractivity contribution is 5.93. The SMILES string of the molecule is C[C@]1(C(=O)N2CCCC2)C[C@@H](Nc2ncc3c(-c4ccc5ncnn5c4)c[nH]c3n2)C1. The maximum absolute atomic E-state index is 12.8. The van der Waals surface area contributed by atoms with Crippen LogP contribution >= 0.6 is 0 Å². The Morgan fingerprint density at radius 2 is 2.06 bits per heavy atom. The van der Waals surface area contributed by atoms with E-state index in [9.17, 15) is 4.79 Å². The van der Waals surface area contributed by atoms with Crippen molar-refractivity contribution in [3.63, 3.8) is 0 Å². The molecule has 158 valence electrons. The number of pyridine rings is 1. The van der Waals surface area contributed by atoms with Crippen molar-refractivity contribution < 1.29 is 4.79 Å². The number of hydrogen-bond donors (Lipinski definition) is 2. The Morgan fingerprint density at radius 1 is 1.23 bits per heavy atom. The fourth-order valence-corrected chi connectivity index (χ4v) is 4.98. The van der Waals surface area contributed by atoms with Crippen LogP contribution in [-0.2, 0) is 4.79 Å². The van der Waals surface area contributed by atoms with Crippen molar-refractivity contribution in [1.82, 2.24) is 34.4 Å². The lowest BCUT2D eigenvalue weighted by atomic mass is 9.66. The van der Waals surface area contributed by atoms with Gasteiger partial charge in [0.05, 0.1) is 5.41 Å². The molecule has 2 N–H and O–H groups in total. The molecule has 0 unspecified atom stereocenters. The molecular formula is C22H24N8O. The zero-order chi connectivity index (χ0) is 21.0. The van der Waals surface area contributed by atoms with E-state index in [1.807, 2.05) is 35.6 Å².